The fourth-order valence-corrected chi connectivity index (χ4v) is 5.38. The first kappa shape index (κ1) is 15.2. The zero-order valence-corrected chi connectivity index (χ0v) is 13.4. The predicted molar refractivity (Wildman–Crippen MR) is 82.5 cm³/mol. The molecule has 1 amide bonds. The van der Waals surface area contributed by atoms with Gasteiger partial charge in [-0.05, 0) is 0 Å². The van der Waals surface area contributed by atoms with E-state index in [1.165, 1.54) is 0 Å². The van der Waals surface area contributed by atoms with Crippen LogP contribution in [0.5, 0.6) is 0 Å². The normalized spacial score (nSPS) is 21.4. The molecule has 0 spiro atoms. The maximum absolute atomic E-state index is 14.2. The van der Waals surface area contributed by atoms with E-state index >= 15 is 0 Å². The van der Waals surface area contributed by atoms with Crippen molar-refractivity contribution in [2.45, 2.75) is 10.7 Å². The van der Waals surface area contributed by atoms with Gasteiger partial charge in [-0.15, -0.1) is 0 Å². The number of hydrogen-bond acceptors (Lipinski definition) is 1. The molecule has 0 aromatic heterocycles. The molecule has 0 saturated carbocycles. The van der Waals surface area contributed by atoms with E-state index in [0.717, 1.165) is 10.0 Å². The summed E-state index contributed by atoms with van der Waals surface area (Å²) in [7, 11) is 0. The summed E-state index contributed by atoms with van der Waals surface area (Å²) in [5.41, 5.74) is 0.868. The first-order chi connectivity index (χ1) is 10.6. The van der Waals surface area contributed by atoms with E-state index in [1.54, 1.807) is 0 Å². The van der Waals surface area contributed by atoms with Gasteiger partial charge in [-0.2, -0.15) is 0 Å². The monoisotopic (exact) mass is 367 g/mol. The quantitative estimate of drug-likeness (QED) is 0.826. The van der Waals surface area contributed by atoms with Crippen molar-refractivity contribution in [2.24, 2.45) is 5.92 Å². The Labute approximate surface area is 134 Å². The third kappa shape index (κ3) is 2.92. The fourth-order valence-electron chi connectivity index (χ4n) is 2.59. The van der Waals surface area contributed by atoms with Gasteiger partial charge in [0.15, 0.2) is 0 Å². The van der Waals surface area contributed by atoms with Crippen molar-refractivity contribution < 1.29 is 13.6 Å². The zero-order valence-electron chi connectivity index (χ0n) is 11.7. The Hall–Kier alpha value is -1.71. The first-order valence-corrected chi connectivity index (χ1v) is 8.86. The van der Waals surface area contributed by atoms with E-state index in [0.29, 0.717) is 0 Å². The van der Waals surface area contributed by atoms with Gasteiger partial charge in [0, 0.05) is 0 Å². The molecule has 5 heteroatoms. The number of carbonyl (C=O) groups is 1. The van der Waals surface area contributed by atoms with Crippen LogP contribution in [-0.2, 0) is 4.79 Å². The second-order valence-electron chi connectivity index (χ2n) is 5.20. The zero-order chi connectivity index (χ0) is 15.6. The molecule has 114 valence electrons. The molecule has 1 N–H and O–H groups in total. The van der Waals surface area contributed by atoms with Crippen molar-refractivity contribution in [2.75, 3.05) is 6.54 Å². The summed E-state index contributed by atoms with van der Waals surface area (Å²) < 4.78 is 29.5. The molecule has 2 aromatic rings. The first-order valence-electron chi connectivity index (χ1n) is 7.02. The van der Waals surface area contributed by atoms with Gasteiger partial charge in [-0.3, -0.25) is 0 Å². The van der Waals surface area contributed by atoms with Gasteiger partial charge in [0.05, 0.1) is 0 Å². The number of hydrogen-bond donors (Lipinski definition) is 1. The van der Waals surface area contributed by atoms with Gasteiger partial charge in [0.1, 0.15) is 0 Å². The average Bonchev–Trinajstić information content (AvgIpc) is 2.81. The summed E-state index contributed by atoms with van der Waals surface area (Å²) in [4.78, 5) is 11.1. The van der Waals surface area contributed by atoms with Gasteiger partial charge in [-0.1, -0.05) is 0 Å². The Balaban J connectivity index is 1.95. The molecule has 1 heterocycles. The van der Waals surface area contributed by atoms with E-state index in [9.17, 15) is 13.6 Å². The number of alkyl halides is 2. The molecule has 1 saturated heterocycles. The number of amides is 1. The molecular weight excluding hydrogens is 351 g/mol. The molecule has 2 atom stereocenters. The van der Waals surface area contributed by atoms with Crippen LogP contribution in [0.3, 0.4) is 0 Å². The third-order valence-electron chi connectivity index (χ3n) is 3.75. The van der Waals surface area contributed by atoms with Crippen LogP contribution < -0.4 is 9.78 Å². The van der Waals surface area contributed by atoms with Gasteiger partial charge in [-0.25, -0.2) is 0 Å². The molecular formula is C17H15F2NOSe. The summed E-state index contributed by atoms with van der Waals surface area (Å²) in [6.45, 7) is 0.0278. The van der Waals surface area contributed by atoms with Gasteiger partial charge >= 0.3 is 134 Å². The molecule has 2 aromatic carbocycles. The number of halogens is 2. The molecule has 2 unspecified atom stereocenters. The SMILES string of the molecule is O=C1NCC(C([Se]c2ccccc2)c2ccccc2)C1(F)F. The number of benzene rings is 2. The second kappa shape index (κ2) is 6.19. The van der Waals surface area contributed by atoms with Gasteiger partial charge in [0.25, 0.3) is 0 Å². The Morgan fingerprint density at radius 1 is 1.05 bits per heavy atom. The molecule has 3 rings (SSSR count). The second-order valence-corrected chi connectivity index (χ2v) is 7.75. The number of nitrogens with one attached hydrogen (secondary N) is 1. The molecule has 1 aliphatic rings. The topological polar surface area (TPSA) is 29.1 Å². The Morgan fingerprint density at radius 2 is 1.64 bits per heavy atom. The molecule has 1 aliphatic heterocycles. The average molecular weight is 366 g/mol. The minimum absolute atomic E-state index is 0.0278. The van der Waals surface area contributed by atoms with Crippen LogP contribution in [0.15, 0.2) is 60.7 Å². The van der Waals surface area contributed by atoms with E-state index in [-0.39, 0.29) is 26.3 Å². The molecule has 0 bridgehead atoms. The van der Waals surface area contributed by atoms with Crippen molar-refractivity contribution in [1.29, 1.82) is 0 Å². The molecule has 22 heavy (non-hydrogen) atoms. The van der Waals surface area contributed by atoms with Crippen molar-refractivity contribution in [1.82, 2.24) is 5.32 Å². The molecule has 1 fully saturated rings. The molecule has 0 radical (unpaired) electrons. The summed E-state index contributed by atoms with van der Waals surface area (Å²) in [5.74, 6) is -5.46. The van der Waals surface area contributed by atoms with Crippen LogP contribution in [0.2, 0.25) is 0 Å². The van der Waals surface area contributed by atoms with E-state index in [1.807, 2.05) is 60.7 Å². The number of rotatable bonds is 4. The number of carbonyl (C=O) groups excluding carboxylic acids is 1. The van der Waals surface area contributed by atoms with Crippen LogP contribution in [0.1, 0.15) is 10.4 Å². The van der Waals surface area contributed by atoms with E-state index < -0.39 is 17.7 Å². The Kier molecular flexibility index (Phi) is 4.27. The fraction of sp³-hybridized carbons (Fsp3) is 0.235. The standard InChI is InChI=1S/C17H15F2NOSe/c18-17(19)14(11-20-16(17)21)15(12-7-3-1-4-8-12)22-13-9-5-2-6-10-13/h1-10,14-15H,11H2,(H,20,21). The van der Waals surface area contributed by atoms with Crippen LogP contribution in [0, 0.1) is 5.92 Å². The minimum atomic E-state index is -3.31. The van der Waals surface area contributed by atoms with Crippen molar-refractivity contribution in [3.05, 3.63) is 66.2 Å². The Morgan fingerprint density at radius 3 is 2.18 bits per heavy atom. The Bertz CT molecular complexity index is 648. The maximum atomic E-state index is 14.2. The summed E-state index contributed by atoms with van der Waals surface area (Å²) in [5, 5.41) is 2.32. The summed E-state index contributed by atoms with van der Waals surface area (Å²) in [6, 6.07) is 19.0. The summed E-state index contributed by atoms with van der Waals surface area (Å²) in [6.07, 6.45) is 0. The van der Waals surface area contributed by atoms with Gasteiger partial charge in [0.2, 0.25) is 0 Å². The van der Waals surface area contributed by atoms with Crippen LogP contribution in [-0.4, -0.2) is 33.3 Å². The van der Waals surface area contributed by atoms with Gasteiger partial charge < -0.3 is 0 Å². The van der Waals surface area contributed by atoms with Crippen molar-refractivity contribution in [3.8, 4) is 0 Å². The van der Waals surface area contributed by atoms with Crippen LogP contribution in [0.4, 0.5) is 8.78 Å². The molecule has 0 aliphatic carbocycles. The predicted octanol–water partition coefficient (Wildman–Crippen LogP) is 2.14. The van der Waals surface area contributed by atoms with Crippen LogP contribution in [0.25, 0.3) is 0 Å². The third-order valence-corrected chi connectivity index (χ3v) is 6.69. The van der Waals surface area contributed by atoms with Crippen molar-refractivity contribution in [3.63, 3.8) is 0 Å². The van der Waals surface area contributed by atoms with E-state index in [2.05, 4.69) is 5.32 Å². The van der Waals surface area contributed by atoms with E-state index in [4.69, 9.17) is 0 Å². The van der Waals surface area contributed by atoms with Crippen LogP contribution >= 0.6 is 0 Å². The molecule has 2 nitrogen and oxygen atoms in total. The summed E-state index contributed by atoms with van der Waals surface area (Å²) >= 11 is -0.178. The van der Waals surface area contributed by atoms with Crippen molar-refractivity contribution >= 4 is 25.3 Å².